The smallest absolute Gasteiger partial charge is 0.174 e. The maximum absolute atomic E-state index is 12.8. The molecule has 3 rings (SSSR count). The van der Waals surface area contributed by atoms with E-state index < -0.39 is 23.4 Å². The lowest BCUT2D eigenvalue weighted by Crippen LogP contribution is -2.21. The normalized spacial score (nSPS) is 15.8. The molecule has 0 amide bonds. The topological polar surface area (TPSA) is 127 Å². The van der Waals surface area contributed by atoms with E-state index in [0.717, 1.165) is 30.5 Å². The van der Waals surface area contributed by atoms with Gasteiger partial charge in [-0.25, -0.2) is 0 Å². The number of hydrogen-bond acceptors (Lipinski definition) is 7. The van der Waals surface area contributed by atoms with Gasteiger partial charge >= 0.3 is 0 Å². The standard InChI is InChI=1S/C25H28O7/c1-13(2)5-4-6-14(3)7-8-16-17(27)11-22-24(25(16)31)20(30)12-21(32-22)23-18(28)9-15(26)10-19(23)29/h5,7,9-11,21,26-29,31H,4,6,8,12H2,1-3H3/t21-/m0/s1. The Labute approximate surface area is 186 Å². The predicted molar refractivity (Wildman–Crippen MR) is 120 cm³/mol. The van der Waals surface area contributed by atoms with E-state index in [1.165, 1.54) is 11.6 Å². The van der Waals surface area contributed by atoms with Crippen LogP contribution in [0, 0.1) is 0 Å². The zero-order valence-corrected chi connectivity index (χ0v) is 18.3. The number of ketones is 1. The molecule has 0 fully saturated rings. The highest BCUT2D eigenvalue weighted by atomic mass is 16.5. The Morgan fingerprint density at radius 1 is 1.00 bits per heavy atom. The minimum absolute atomic E-state index is 0.0394. The second kappa shape index (κ2) is 9.26. The number of benzene rings is 2. The Morgan fingerprint density at radius 3 is 2.28 bits per heavy atom. The van der Waals surface area contributed by atoms with E-state index in [-0.39, 0.29) is 52.5 Å². The molecule has 2 aromatic rings. The number of hydrogen-bond donors (Lipinski definition) is 5. The molecule has 1 atom stereocenters. The second-order valence-corrected chi connectivity index (χ2v) is 8.30. The lowest BCUT2D eigenvalue weighted by molar-refractivity contribution is 0.0838. The van der Waals surface area contributed by atoms with Gasteiger partial charge in [-0.2, -0.15) is 0 Å². The Balaban J connectivity index is 1.88. The molecule has 0 saturated heterocycles. The third-order valence-electron chi connectivity index (χ3n) is 5.45. The van der Waals surface area contributed by atoms with Crippen molar-refractivity contribution in [1.29, 1.82) is 0 Å². The summed E-state index contributed by atoms with van der Waals surface area (Å²) < 4.78 is 5.74. The van der Waals surface area contributed by atoms with Crippen LogP contribution in [0.15, 0.2) is 41.5 Å². The molecule has 7 nitrogen and oxygen atoms in total. The van der Waals surface area contributed by atoms with Crippen LogP contribution in [0.5, 0.6) is 34.5 Å². The first kappa shape index (κ1) is 23.1. The lowest BCUT2D eigenvalue weighted by Gasteiger charge is -2.28. The van der Waals surface area contributed by atoms with Gasteiger partial charge in [0.2, 0.25) is 0 Å². The summed E-state index contributed by atoms with van der Waals surface area (Å²) in [6.07, 6.45) is 4.76. The predicted octanol–water partition coefficient (Wildman–Crippen LogP) is 5.16. The van der Waals surface area contributed by atoms with E-state index in [9.17, 15) is 30.3 Å². The summed E-state index contributed by atoms with van der Waals surface area (Å²) in [5, 5.41) is 50.9. The summed E-state index contributed by atoms with van der Waals surface area (Å²) in [4.78, 5) is 12.8. The highest BCUT2D eigenvalue weighted by Crippen LogP contribution is 2.48. The van der Waals surface area contributed by atoms with Crippen LogP contribution in [-0.4, -0.2) is 31.3 Å². The van der Waals surface area contributed by atoms with Crippen molar-refractivity contribution in [1.82, 2.24) is 0 Å². The highest BCUT2D eigenvalue weighted by Gasteiger charge is 2.35. The van der Waals surface area contributed by atoms with E-state index in [2.05, 4.69) is 6.08 Å². The third-order valence-corrected chi connectivity index (χ3v) is 5.45. The van der Waals surface area contributed by atoms with Gasteiger partial charge in [0.15, 0.2) is 5.78 Å². The number of allylic oxidation sites excluding steroid dienone is 4. The van der Waals surface area contributed by atoms with Crippen molar-refractivity contribution in [2.45, 2.75) is 52.6 Å². The summed E-state index contributed by atoms with van der Waals surface area (Å²) in [7, 11) is 0. The molecule has 0 bridgehead atoms. The van der Waals surface area contributed by atoms with Gasteiger partial charge in [0.05, 0.1) is 12.0 Å². The van der Waals surface area contributed by atoms with Crippen LogP contribution in [0.25, 0.3) is 0 Å². The number of rotatable bonds is 6. The van der Waals surface area contributed by atoms with Crippen LogP contribution >= 0.6 is 0 Å². The van der Waals surface area contributed by atoms with Gasteiger partial charge in [0, 0.05) is 23.8 Å². The van der Waals surface area contributed by atoms with Crippen LogP contribution in [0.1, 0.15) is 67.6 Å². The van der Waals surface area contributed by atoms with Crippen LogP contribution in [0.4, 0.5) is 0 Å². The Bertz CT molecular complexity index is 1080. The van der Waals surface area contributed by atoms with Gasteiger partial charge in [0.1, 0.15) is 46.2 Å². The molecule has 1 aliphatic heterocycles. The van der Waals surface area contributed by atoms with Gasteiger partial charge in [-0.15, -0.1) is 0 Å². The second-order valence-electron chi connectivity index (χ2n) is 8.30. The third kappa shape index (κ3) is 4.82. The molecular weight excluding hydrogens is 412 g/mol. The van der Waals surface area contributed by atoms with Gasteiger partial charge in [-0.05, 0) is 40.0 Å². The van der Waals surface area contributed by atoms with Crippen molar-refractivity contribution in [2.75, 3.05) is 0 Å². The number of phenols is 5. The first-order valence-electron chi connectivity index (χ1n) is 10.4. The van der Waals surface area contributed by atoms with Gasteiger partial charge in [0.25, 0.3) is 0 Å². The van der Waals surface area contributed by atoms with Crippen molar-refractivity contribution in [3.8, 4) is 34.5 Å². The summed E-state index contributed by atoms with van der Waals surface area (Å²) >= 11 is 0. The molecule has 7 heteroatoms. The zero-order chi connectivity index (χ0) is 23.6. The first-order chi connectivity index (χ1) is 15.1. The lowest BCUT2D eigenvalue weighted by atomic mass is 9.92. The van der Waals surface area contributed by atoms with Crippen LogP contribution in [0.2, 0.25) is 0 Å². The molecule has 0 spiro atoms. The van der Waals surface area contributed by atoms with Crippen LogP contribution in [-0.2, 0) is 6.42 Å². The number of phenolic OH excluding ortho intramolecular Hbond substituents is 5. The molecule has 0 aliphatic carbocycles. The van der Waals surface area contributed by atoms with Crippen molar-refractivity contribution in [2.24, 2.45) is 0 Å². The number of aromatic hydroxyl groups is 5. The maximum Gasteiger partial charge on any atom is 0.174 e. The molecule has 0 aromatic heterocycles. The largest absolute Gasteiger partial charge is 0.508 e. The molecule has 0 unspecified atom stereocenters. The number of ether oxygens (including phenoxy) is 1. The maximum atomic E-state index is 12.8. The fourth-order valence-corrected chi connectivity index (χ4v) is 3.77. The number of fused-ring (bicyclic) bond motifs is 1. The summed E-state index contributed by atoms with van der Waals surface area (Å²) in [5.74, 6) is -2.24. The summed E-state index contributed by atoms with van der Waals surface area (Å²) in [5.41, 5.74) is 2.48. The van der Waals surface area contributed by atoms with Crippen molar-refractivity contribution in [3.05, 3.63) is 58.2 Å². The quantitative estimate of drug-likeness (QED) is 0.393. The van der Waals surface area contributed by atoms with Gasteiger partial charge in [-0.1, -0.05) is 23.3 Å². The number of carbonyl (C=O) groups excluding carboxylic acids is 1. The number of carbonyl (C=O) groups is 1. The van der Waals surface area contributed by atoms with Crippen molar-refractivity contribution >= 4 is 5.78 Å². The average molecular weight is 440 g/mol. The summed E-state index contributed by atoms with van der Waals surface area (Å²) in [6, 6.07) is 3.32. The molecule has 170 valence electrons. The van der Waals surface area contributed by atoms with E-state index in [1.54, 1.807) is 0 Å². The molecule has 1 aliphatic rings. The minimum Gasteiger partial charge on any atom is -0.508 e. The monoisotopic (exact) mass is 440 g/mol. The summed E-state index contributed by atoms with van der Waals surface area (Å²) in [6.45, 7) is 6.05. The van der Waals surface area contributed by atoms with Crippen LogP contribution in [0.3, 0.4) is 0 Å². The van der Waals surface area contributed by atoms with E-state index in [1.807, 2.05) is 26.8 Å². The van der Waals surface area contributed by atoms with Crippen molar-refractivity contribution in [3.63, 3.8) is 0 Å². The van der Waals surface area contributed by atoms with E-state index >= 15 is 0 Å². The molecule has 5 N–H and O–H groups in total. The van der Waals surface area contributed by atoms with Crippen molar-refractivity contribution < 1.29 is 35.1 Å². The fraction of sp³-hybridized carbons (Fsp3) is 0.320. The Hall–Kier alpha value is -3.61. The Morgan fingerprint density at radius 2 is 1.66 bits per heavy atom. The number of Topliss-reactive ketones (excluding diaryl/α,β-unsaturated/α-hetero) is 1. The minimum atomic E-state index is -1.04. The average Bonchev–Trinajstić information content (AvgIpc) is 2.66. The fourth-order valence-electron chi connectivity index (χ4n) is 3.77. The SMILES string of the molecule is CC(C)=CCCC(C)=CCc1c(O)cc2c(c1O)C(=O)C[C@@H](c1c(O)cc(O)cc1O)O2. The molecule has 32 heavy (non-hydrogen) atoms. The zero-order valence-electron chi connectivity index (χ0n) is 18.3. The highest BCUT2D eigenvalue weighted by molar-refractivity contribution is 6.03. The first-order valence-corrected chi connectivity index (χ1v) is 10.4. The van der Waals surface area contributed by atoms with E-state index in [0.29, 0.717) is 0 Å². The molecule has 0 saturated carbocycles. The molecular formula is C25H28O7. The Kier molecular flexibility index (Phi) is 6.67. The van der Waals surface area contributed by atoms with Crippen LogP contribution < -0.4 is 4.74 Å². The van der Waals surface area contributed by atoms with Gasteiger partial charge < -0.3 is 30.3 Å². The molecule has 2 aromatic carbocycles. The molecule has 0 radical (unpaired) electrons. The van der Waals surface area contributed by atoms with E-state index in [4.69, 9.17) is 4.74 Å². The van der Waals surface area contributed by atoms with Gasteiger partial charge in [-0.3, -0.25) is 4.79 Å². The molecule has 1 heterocycles.